The molecule has 0 radical (unpaired) electrons. The van der Waals surface area contributed by atoms with E-state index in [1.807, 2.05) is 47.0 Å². The van der Waals surface area contributed by atoms with Crippen molar-refractivity contribution in [2.45, 2.75) is 26.1 Å². The summed E-state index contributed by atoms with van der Waals surface area (Å²) in [4.78, 5) is 4.67. The maximum Gasteiger partial charge on any atom is 0.161 e. The van der Waals surface area contributed by atoms with Crippen LogP contribution in [0.4, 0.5) is 0 Å². The number of β-amino-alcohol motifs (C(OH)–C–C–N with tert-alkyl or cyclic N) is 1. The molecule has 1 N–H and O–H groups in total. The second-order valence-electron chi connectivity index (χ2n) is 7.50. The minimum atomic E-state index is -0.504. The number of thioether (sulfide) groups is 1. The van der Waals surface area contributed by atoms with Gasteiger partial charge in [0.2, 0.25) is 0 Å². The first-order chi connectivity index (χ1) is 14.7. The maximum atomic E-state index is 10.3. The van der Waals surface area contributed by atoms with E-state index in [-0.39, 0.29) is 6.61 Å². The smallest absolute Gasteiger partial charge is 0.161 e. The fraction of sp³-hybridized carbons (Fsp3) is 0.591. The van der Waals surface area contributed by atoms with Gasteiger partial charge in [0.25, 0.3) is 0 Å². The van der Waals surface area contributed by atoms with Crippen molar-refractivity contribution >= 4 is 11.8 Å². The number of likely N-dealkylation sites (N-methyl/N-ethyl adjacent to an activating group) is 1. The SMILES string of the molecule is CCN(CCn1cccn1)Cc1ccc(OCC(O)CN2CCSCC2)c(OC)c1. The lowest BCUT2D eigenvalue weighted by molar-refractivity contribution is 0.0704. The number of methoxy groups -OCH3 is 1. The van der Waals surface area contributed by atoms with Crippen LogP contribution in [0.1, 0.15) is 12.5 Å². The summed E-state index contributed by atoms with van der Waals surface area (Å²) < 4.78 is 13.4. The Balaban J connectivity index is 1.50. The molecule has 0 amide bonds. The lowest BCUT2D eigenvalue weighted by Gasteiger charge is -2.28. The Morgan fingerprint density at radius 3 is 2.80 bits per heavy atom. The van der Waals surface area contributed by atoms with Crippen molar-refractivity contribution in [1.29, 1.82) is 0 Å². The van der Waals surface area contributed by atoms with Gasteiger partial charge in [-0.1, -0.05) is 13.0 Å². The molecular formula is C22H34N4O3S. The average Bonchev–Trinajstić information content (AvgIpc) is 3.30. The van der Waals surface area contributed by atoms with E-state index in [0.29, 0.717) is 18.0 Å². The first-order valence-corrected chi connectivity index (χ1v) is 11.8. The topological polar surface area (TPSA) is 63.0 Å². The van der Waals surface area contributed by atoms with Gasteiger partial charge in [-0.2, -0.15) is 16.9 Å². The van der Waals surface area contributed by atoms with Crippen molar-refractivity contribution in [3.63, 3.8) is 0 Å². The van der Waals surface area contributed by atoms with E-state index in [9.17, 15) is 5.11 Å². The molecule has 0 spiro atoms. The molecule has 1 aromatic heterocycles. The number of ether oxygens (including phenoxy) is 2. The third kappa shape index (κ3) is 7.19. The molecule has 166 valence electrons. The highest BCUT2D eigenvalue weighted by molar-refractivity contribution is 7.99. The zero-order valence-electron chi connectivity index (χ0n) is 18.1. The number of aliphatic hydroxyl groups is 1. The summed E-state index contributed by atoms with van der Waals surface area (Å²) in [5, 5.41) is 14.6. The molecule has 0 saturated carbocycles. The van der Waals surface area contributed by atoms with Crippen molar-refractivity contribution < 1.29 is 14.6 Å². The highest BCUT2D eigenvalue weighted by Gasteiger charge is 2.16. The van der Waals surface area contributed by atoms with Gasteiger partial charge in [-0.05, 0) is 30.3 Å². The molecule has 1 aliphatic heterocycles. The Bertz CT molecular complexity index is 738. The Morgan fingerprint density at radius 2 is 2.10 bits per heavy atom. The zero-order valence-corrected chi connectivity index (χ0v) is 18.9. The molecule has 8 heteroatoms. The van der Waals surface area contributed by atoms with Crippen LogP contribution in [-0.2, 0) is 13.1 Å². The summed E-state index contributed by atoms with van der Waals surface area (Å²) in [6, 6.07) is 7.99. The number of hydrogen-bond acceptors (Lipinski definition) is 7. The van der Waals surface area contributed by atoms with Gasteiger partial charge >= 0.3 is 0 Å². The largest absolute Gasteiger partial charge is 0.493 e. The highest BCUT2D eigenvalue weighted by Crippen LogP contribution is 2.28. The number of hydrogen-bond donors (Lipinski definition) is 1. The summed E-state index contributed by atoms with van der Waals surface area (Å²) in [6.07, 6.45) is 3.29. The first-order valence-electron chi connectivity index (χ1n) is 10.7. The van der Waals surface area contributed by atoms with Crippen LogP contribution >= 0.6 is 11.8 Å². The van der Waals surface area contributed by atoms with E-state index < -0.39 is 6.10 Å². The predicted molar refractivity (Wildman–Crippen MR) is 121 cm³/mol. The third-order valence-corrected chi connectivity index (χ3v) is 6.23. The van der Waals surface area contributed by atoms with Gasteiger partial charge in [-0.25, -0.2) is 0 Å². The summed E-state index contributed by atoms with van der Waals surface area (Å²) in [6.45, 7) is 8.76. The maximum absolute atomic E-state index is 10.3. The van der Waals surface area contributed by atoms with Crippen LogP contribution in [-0.4, -0.2) is 88.7 Å². The van der Waals surface area contributed by atoms with Gasteiger partial charge in [0, 0.05) is 56.6 Å². The van der Waals surface area contributed by atoms with Crippen molar-refractivity contribution in [1.82, 2.24) is 19.6 Å². The molecule has 30 heavy (non-hydrogen) atoms. The molecule has 2 aromatic rings. The number of aromatic nitrogens is 2. The molecule has 7 nitrogen and oxygen atoms in total. The number of rotatable bonds is 12. The third-order valence-electron chi connectivity index (χ3n) is 5.29. The molecule has 1 saturated heterocycles. The Morgan fingerprint density at radius 1 is 1.27 bits per heavy atom. The zero-order chi connectivity index (χ0) is 21.2. The summed E-state index contributed by atoms with van der Waals surface area (Å²) >= 11 is 1.97. The van der Waals surface area contributed by atoms with Crippen molar-refractivity contribution in [3.05, 3.63) is 42.2 Å². The second-order valence-corrected chi connectivity index (χ2v) is 8.73. The molecule has 1 unspecified atom stereocenters. The lowest BCUT2D eigenvalue weighted by atomic mass is 10.2. The Labute approximate surface area is 183 Å². The van der Waals surface area contributed by atoms with E-state index in [1.165, 1.54) is 5.56 Å². The van der Waals surface area contributed by atoms with E-state index in [2.05, 4.69) is 27.9 Å². The Kier molecular flexibility index (Phi) is 9.32. The van der Waals surface area contributed by atoms with E-state index in [0.717, 1.165) is 50.8 Å². The fourth-order valence-electron chi connectivity index (χ4n) is 3.53. The molecule has 1 atom stereocenters. The summed E-state index contributed by atoms with van der Waals surface area (Å²) in [7, 11) is 1.66. The van der Waals surface area contributed by atoms with Crippen LogP contribution in [0.5, 0.6) is 11.5 Å². The molecule has 0 bridgehead atoms. The van der Waals surface area contributed by atoms with Crippen LogP contribution in [0.2, 0.25) is 0 Å². The van der Waals surface area contributed by atoms with Crippen LogP contribution < -0.4 is 9.47 Å². The molecule has 1 aromatic carbocycles. The minimum Gasteiger partial charge on any atom is -0.493 e. The van der Waals surface area contributed by atoms with Gasteiger partial charge in [-0.3, -0.25) is 14.5 Å². The minimum absolute atomic E-state index is 0.268. The molecule has 1 aliphatic rings. The first kappa shape index (κ1) is 22.9. The van der Waals surface area contributed by atoms with Crippen LogP contribution in [0, 0.1) is 0 Å². The highest BCUT2D eigenvalue weighted by atomic mass is 32.2. The molecule has 0 aliphatic carbocycles. The molecular weight excluding hydrogens is 400 g/mol. The number of nitrogens with zero attached hydrogens (tertiary/aromatic N) is 4. The number of aliphatic hydroxyl groups excluding tert-OH is 1. The fourth-order valence-corrected chi connectivity index (χ4v) is 4.51. The van der Waals surface area contributed by atoms with E-state index >= 15 is 0 Å². The quantitative estimate of drug-likeness (QED) is 0.549. The van der Waals surface area contributed by atoms with E-state index in [1.54, 1.807) is 7.11 Å². The monoisotopic (exact) mass is 434 g/mol. The van der Waals surface area contributed by atoms with Crippen molar-refractivity contribution in [3.8, 4) is 11.5 Å². The van der Waals surface area contributed by atoms with E-state index in [4.69, 9.17) is 9.47 Å². The van der Waals surface area contributed by atoms with Crippen LogP contribution in [0.25, 0.3) is 0 Å². The summed E-state index contributed by atoms with van der Waals surface area (Å²) in [5.41, 5.74) is 1.17. The van der Waals surface area contributed by atoms with Gasteiger partial charge in [0.05, 0.1) is 13.7 Å². The summed E-state index contributed by atoms with van der Waals surface area (Å²) in [5.74, 6) is 3.66. The predicted octanol–water partition coefficient (Wildman–Crippen LogP) is 2.20. The standard InChI is InChI=1S/C22H34N4O3S/c1-3-24(9-10-26-8-4-7-23-26)16-19-5-6-21(22(15-19)28-2)29-18-20(27)17-25-11-13-30-14-12-25/h4-8,15,20,27H,3,9-14,16-18H2,1-2H3. The van der Waals surface area contributed by atoms with Crippen LogP contribution in [0.15, 0.2) is 36.7 Å². The van der Waals surface area contributed by atoms with Crippen molar-refractivity contribution in [2.24, 2.45) is 0 Å². The second kappa shape index (κ2) is 12.2. The average molecular weight is 435 g/mol. The number of benzene rings is 1. The van der Waals surface area contributed by atoms with Crippen LogP contribution in [0.3, 0.4) is 0 Å². The van der Waals surface area contributed by atoms with Gasteiger partial charge < -0.3 is 14.6 Å². The normalized spacial score (nSPS) is 16.0. The lowest BCUT2D eigenvalue weighted by Crippen LogP contribution is -2.40. The van der Waals surface area contributed by atoms with Gasteiger partial charge in [0.1, 0.15) is 12.7 Å². The van der Waals surface area contributed by atoms with Gasteiger partial charge in [0.15, 0.2) is 11.5 Å². The molecule has 1 fully saturated rings. The van der Waals surface area contributed by atoms with Crippen molar-refractivity contribution in [2.75, 3.05) is 57.9 Å². The molecule has 3 rings (SSSR count). The Hall–Kier alpha value is -1.74. The molecule has 2 heterocycles. The van der Waals surface area contributed by atoms with Gasteiger partial charge in [-0.15, -0.1) is 0 Å².